The minimum Gasteiger partial charge on any atom is -0.383 e. The number of aromatic nitrogens is 2. The molecule has 7 nitrogen and oxygen atoms in total. The van der Waals surface area contributed by atoms with Crippen LogP contribution in [0.15, 0.2) is 6.33 Å². The van der Waals surface area contributed by atoms with Crippen molar-refractivity contribution in [3.63, 3.8) is 0 Å². The number of hydrogen-bond donors (Lipinski definition) is 3. The first-order valence-corrected chi connectivity index (χ1v) is 6.49. The summed E-state index contributed by atoms with van der Waals surface area (Å²) in [6.07, 6.45) is 2.00. The number of hydrogen-bond acceptors (Lipinski definition) is 6. The molecule has 0 radical (unpaired) electrons. The number of primary sulfonamides is 1. The maximum absolute atomic E-state index is 10.7. The van der Waals surface area contributed by atoms with Gasteiger partial charge in [0.15, 0.2) is 0 Å². The van der Waals surface area contributed by atoms with E-state index < -0.39 is 10.0 Å². The Morgan fingerprint density at radius 2 is 2.12 bits per heavy atom. The molecule has 1 aromatic rings. The van der Waals surface area contributed by atoms with Crippen molar-refractivity contribution in [2.24, 2.45) is 5.14 Å². The third-order valence-corrected chi connectivity index (χ3v) is 2.78. The number of rotatable bonds is 5. The molecule has 0 unspecified atom stereocenters. The highest BCUT2D eigenvalue weighted by atomic mass is 32.2. The summed E-state index contributed by atoms with van der Waals surface area (Å²) in [6.45, 7) is 2.11. The van der Waals surface area contributed by atoms with E-state index in [4.69, 9.17) is 10.9 Å². The Balaban J connectivity index is 2.71. The summed E-state index contributed by atoms with van der Waals surface area (Å²) >= 11 is 0. The largest absolute Gasteiger partial charge is 0.383 e. The van der Waals surface area contributed by atoms with Crippen LogP contribution in [0.1, 0.15) is 12.5 Å². The summed E-state index contributed by atoms with van der Waals surface area (Å²) in [7, 11) is -3.46. The van der Waals surface area contributed by atoms with Crippen LogP contribution in [0.4, 0.5) is 11.6 Å². The Kier molecular flexibility index (Phi) is 4.02. The van der Waals surface area contributed by atoms with Crippen molar-refractivity contribution in [3.05, 3.63) is 11.9 Å². The number of nitrogens with zero attached hydrogens (tertiary/aromatic N) is 2. The van der Waals surface area contributed by atoms with Crippen molar-refractivity contribution in [3.8, 4) is 0 Å². The minimum atomic E-state index is -3.46. The number of nitrogens with one attached hydrogen (secondary N) is 1. The van der Waals surface area contributed by atoms with Crippen molar-refractivity contribution in [2.75, 3.05) is 23.3 Å². The van der Waals surface area contributed by atoms with Crippen LogP contribution in [-0.2, 0) is 16.4 Å². The molecule has 90 valence electrons. The Morgan fingerprint density at radius 1 is 1.44 bits per heavy atom. The monoisotopic (exact) mass is 245 g/mol. The zero-order valence-corrected chi connectivity index (χ0v) is 9.79. The molecular formula is C8H15N5O2S. The van der Waals surface area contributed by atoms with Gasteiger partial charge in [-0.2, -0.15) is 0 Å². The zero-order valence-electron chi connectivity index (χ0n) is 8.97. The highest BCUT2D eigenvalue weighted by molar-refractivity contribution is 7.89. The molecule has 1 heterocycles. The van der Waals surface area contributed by atoms with Gasteiger partial charge < -0.3 is 11.1 Å². The van der Waals surface area contributed by atoms with Gasteiger partial charge in [0, 0.05) is 12.1 Å². The van der Waals surface area contributed by atoms with Gasteiger partial charge >= 0.3 is 0 Å². The van der Waals surface area contributed by atoms with E-state index in [1.54, 1.807) is 0 Å². The number of nitrogens with two attached hydrogens (primary N) is 2. The summed E-state index contributed by atoms with van der Waals surface area (Å²) in [5.41, 5.74) is 6.43. The van der Waals surface area contributed by atoms with Gasteiger partial charge in [0.05, 0.1) is 5.75 Å². The quantitative estimate of drug-likeness (QED) is 0.631. The molecule has 0 fully saturated rings. The second kappa shape index (κ2) is 5.08. The lowest BCUT2D eigenvalue weighted by Crippen LogP contribution is -2.23. The van der Waals surface area contributed by atoms with Crippen LogP contribution in [0.25, 0.3) is 0 Å². The smallest absolute Gasteiger partial charge is 0.210 e. The van der Waals surface area contributed by atoms with Gasteiger partial charge in [-0.25, -0.2) is 23.5 Å². The number of nitrogen functional groups attached to an aromatic ring is 1. The molecule has 5 N–H and O–H groups in total. The first-order chi connectivity index (χ1) is 7.44. The topological polar surface area (TPSA) is 124 Å². The van der Waals surface area contributed by atoms with Gasteiger partial charge in [-0.15, -0.1) is 0 Å². The van der Waals surface area contributed by atoms with E-state index in [2.05, 4.69) is 15.3 Å². The van der Waals surface area contributed by atoms with Crippen LogP contribution < -0.4 is 16.2 Å². The van der Waals surface area contributed by atoms with Crippen molar-refractivity contribution < 1.29 is 8.42 Å². The van der Waals surface area contributed by atoms with Gasteiger partial charge in [-0.1, -0.05) is 6.92 Å². The second-order valence-electron chi connectivity index (χ2n) is 3.23. The van der Waals surface area contributed by atoms with Gasteiger partial charge in [0.25, 0.3) is 0 Å². The predicted molar refractivity (Wildman–Crippen MR) is 62.3 cm³/mol. The molecule has 0 spiro atoms. The van der Waals surface area contributed by atoms with E-state index in [0.29, 0.717) is 18.1 Å². The minimum absolute atomic E-state index is 0.153. The summed E-state index contributed by atoms with van der Waals surface area (Å²) in [5, 5.41) is 7.75. The number of anilines is 2. The third-order valence-electron chi connectivity index (χ3n) is 2.01. The van der Waals surface area contributed by atoms with Crippen molar-refractivity contribution in [1.29, 1.82) is 0 Å². The Labute approximate surface area is 94.3 Å². The van der Waals surface area contributed by atoms with E-state index >= 15 is 0 Å². The Hall–Kier alpha value is -1.41. The van der Waals surface area contributed by atoms with Crippen LogP contribution in [-0.4, -0.2) is 30.7 Å². The molecule has 16 heavy (non-hydrogen) atoms. The molecule has 0 aliphatic rings. The fourth-order valence-electron chi connectivity index (χ4n) is 1.24. The average molecular weight is 245 g/mol. The molecule has 0 atom stereocenters. The summed E-state index contributed by atoms with van der Waals surface area (Å²) < 4.78 is 21.4. The van der Waals surface area contributed by atoms with Gasteiger partial charge in [0.1, 0.15) is 18.0 Å². The third kappa shape index (κ3) is 3.63. The predicted octanol–water partition coefficient (Wildman–Crippen LogP) is -0.678. The lowest BCUT2D eigenvalue weighted by atomic mass is 10.2. The molecule has 0 saturated carbocycles. The Morgan fingerprint density at radius 3 is 2.69 bits per heavy atom. The molecule has 0 amide bonds. The van der Waals surface area contributed by atoms with Gasteiger partial charge in [0.2, 0.25) is 10.0 Å². The van der Waals surface area contributed by atoms with Crippen LogP contribution in [0.3, 0.4) is 0 Å². The van der Waals surface area contributed by atoms with Crippen LogP contribution in [0, 0.1) is 0 Å². The molecule has 0 bridgehead atoms. The summed E-state index contributed by atoms with van der Waals surface area (Å²) in [4.78, 5) is 7.84. The molecule has 1 rings (SSSR count). The van der Waals surface area contributed by atoms with Gasteiger partial charge in [-0.3, -0.25) is 0 Å². The second-order valence-corrected chi connectivity index (χ2v) is 4.97. The van der Waals surface area contributed by atoms with Crippen molar-refractivity contribution >= 4 is 21.7 Å². The highest BCUT2D eigenvalue weighted by Gasteiger charge is 2.08. The SMILES string of the molecule is CCc1c(N)ncnc1NCCS(N)(=O)=O. The van der Waals surface area contributed by atoms with Crippen LogP contribution >= 0.6 is 0 Å². The Bertz CT molecular complexity index is 459. The van der Waals surface area contributed by atoms with E-state index in [1.807, 2.05) is 6.92 Å². The fourth-order valence-corrected chi connectivity index (χ4v) is 1.63. The summed E-state index contributed by atoms with van der Waals surface area (Å²) in [5.74, 6) is 0.800. The van der Waals surface area contributed by atoms with Crippen LogP contribution in [0.2, 0.25) is 0 Å². The molecule has 0 aliphatic carbocycles. The zero-order chi connectivity index (χ0) is 12.2. The standard InChI is InChI=1S/C8H15N5O2S/c1-2-6-7(9)12-5-13-8(6)11-3-4-16(10,14)15/h5H,2-4H2,1H3,(H2,10,14,15)(H3,9,11,12,13). The molecule has 0 aromatic carbocycles. The highest BCUT2D eigenvalue weighted by Crippen LogP contribution is 2.16. The maximum Gasteiger partial charge on any atom is 0.210 e. The van der Waals surface area contributed by atoms with E-state index in [-0.39, 0.29) is 12.3 Å². The molecule has 0 aliphatic heterocycles. The van der Waals surface area contributed by atoms with Crippen molar-refractivity contribution in [2.45, 2.75) is 13.3 Å². The lowest BCUT2D eigenvalue weighted by Gasteiger charge is -2.10. The van der Waals surface area contributed by atoms with Crippen LogP contribution in [0.5, 0.6) is 0 Å². The molecular weight excluding hydrogens is 230 g/mol. The number of sulfonamides is 1. The average Bonchev–Trinajstić information content (AvgIpc) is 2.16. The van der Waals surface area contributed by atoms with E-state index in [1.165, 1.54) is 6.33 Å². The van der Waals surface area contributed by atoms with E-state index in [0.717, 1.165) is 5.56 Å². The first kappa shape index (κ1) is 12.7. The molecule has 8 heteroatoms. The fraction of sp³-hybridized carbons (Fsp3) is 0.500. The lowest BCUT2D eigenvalue weighted by molar-refractivity contribution is 0.598. The normalized spacial score (nSPS) is 11.4. The first-order valence-electron chi connectivity index (χ1n) is 4.77. The molecule has 1 aromatic heterocycles. The van der Waals surface area contributed by atoms with Gasteiger partial charge in [-0.05, 0) is 6.42 Å². The maximum atomic E-state index is 10.7. The summed E-state index contributed by atoms with van der Waals surface area (Å²) in [6, 6.07) is 0. The van der Waals surface area contributed by atoms with Crippen molar-refractivity contribution in [1.82, 2.24) is 9.97 Å². The van der Waals surface area contributed by atoms with E-state index in [9.17, 15) is 8.42 Å². The molecule has 0 saturated heterocycles.